The average Bonchev–Trinajstić information content (AvgIpc) is 2.94. The molecule has 1 aromatic rings. The van der Waals surface area contributed by atoms with Crippen LogP contribution in [0.5, 0.6) is 0 Å². The van der Waals surface area contributed by atoms with Crippen LogP contribution in [-0.4, -0.2) is 64.0 Å². The molecule has 2 amide bonds. The maximum Gasteiger partial charge on any atom is 0.355 e. The highest BCUT2D eigenvalue weighted by Gasteiger charge is 2.29. The Morgan fingerprint density at radius 2 is 2.38 bits per heavy atom. The van der Waals surface area contributed by atoms with Gasteiger partial charge in [0.05, 0.1) is 38.4 Å². The third-order valence-electron chi connectivity index (χ3n) is 3.13. The normalized spacial score (nSPS) is 22.1. The largest absolute Gasteiger partial charge is 0.476 e. The Balaban J connectivity index is 1.89. The van der Waals surface area contributed by atoms with Crippen molar-refractivity contribution < 1.29 is 24.5 Å². The third kappa shape index (κ3) is 3.90. The first-order chi connectivity index (χ1) is 10.0. The van der Waals surface area contributed by atoms with E-state index < -0.39 is 5.97 Å². The van der Waals surface area contributed by atoms with Crippen LogP contribution in [0.4, 0.5) is 4.79 Å². The zero-order valence-electron chi connectivity index (χ0n) is 11.5. The van der Waals surface area contributed by atoms with Gasteiger partial charge < -0.3 is 25.2 Å². The number of aromatic nitrogens is 1. The van der Waals surface area contributed by atoms with Gasteiger partial charge in [-0.1, -0.05) is 0 Å². The molecule has 0 radical (unpaired) electrons. The second-order valence-electron chi connectivity index (χ2n) is 4.73. The summed E-state index contributed by atoms with van der Waals surface area (Å²) in [5, 5.41) is 22.5. The second kappa shape index (κ2) is 6.83. The van der Waals surface area contributed by atoms with Crippen molar-refractivity contribution in [1.82, 2.24) is 15.2 Å². The SMILES string of the molecule is CC1COC(CO)CN1C(=O)NCc1nc(C(=O)O)cs1. The highest BCUT2D eigenvalue weighted by Crippen LogP contribution is 2.13. The molecule has 116 valence electrons. The van der Waals surface area contributed by atoms with Gasteiger partial charge in [0.25, 0.3) is 0 Å². The van der Waals surface area contributed by atoms with E-state index >= 15 is 0 Å². The van der Waals surface area contributed by atoms with Gasteiger partial charge in [0.15, 0.2) is 5.69 Å². The summed E-state index contributed by atoms with van der Waals surface area (Å²) in [7, 11) is 0. The molecule has 9 heteroatoms. The molecule has 1 aromatic heterocycles. The molecule has 1 fully saturated rings. The Morgan fingerprint density at radius 1 is 1.62 bits per heavy atom. The first kappa shape index (κ1) is 15.7. The summed E-state index contributed by atoms with van der Waals surface area (Å²) in [4.78, 5) is 28.3. The number of carboxylic acid groups (broad SMARTS) is 1. The number of urea groups is 1. The number of carbonyl (C=O) groups is 2. The topological polar surface area (TPSA) is 112 Å². The number of morpholine rings is 1. The van der Waals surface area contributed by atoms with Crippen molar-refractivity contribution in [2.24, 2.45) is 0 Å². The number of rotatable bonds is 4. The number of aliphatic hydroxyl groups excluding tert-OH is 1. The maximum absolute atomic E-state index is 12.1. The Morgan fingerprint density at radius 3 is 3.00 bits per heavy atom. The van der Waals surface area contributed by atoms with Crippen LogP contribution in [0.15, 0.2) is 5.38 Å². The van der Waals surface area contributed by atoms with Crippen LogP contribution in [0.25, 0.3) is 0 Å². The number of nitrogens with zero attached hydrogens (tertiary/aromatic N) is 2. The number of carboxylic acids is 1. The number of hydrogen-bond donors (Lipinski definition) is 3. The number of amides is 2. The van der Waals surface area contributed by atoms with Crippen molar-refractivity contribution in [3.05, 3.63) is 16.1 Å². The van der Waals surface area contributed by atoms with Crippen molar-refractivity contribution in [3.63, 3.8) is 0 Å². The summed E-state index contributed by atoms with van der Waals surface area (Å²) >= 11 is 1.18. The second-order valence-corrected chi connectivity index (χ2v) is 5.67. The number of thiazole rings is 1. The van der Waals surface area contributed by atoms with Gasteiger partial charge in [-0.05, 0) is 6.92 Å². The molecule has 0 spiro atoms. The smallest absolute Gasteiger partial charge is 0.355 e. The summed E-state index contributed by atoms with van der Waals surface area (Å²) < 4.78 is 5.37. The van der Waals surface area contributed by atoms with Gasteiger partial charge >= 0.3 is 12.0 Å². The summed E-state index contributed by atoms with van der Waals surface area (Å²) in [5.41, 5.74) is -0.0238. The molecule has 0 aromatic carbocycles. The highest BCUT2D eigenvalue weighted by molar-refractivity contribution is 7.09. The van der Waals surface area contributed by atoms with E-state index in [0.29, 0.717) is 18.2 Å². The van der Waals surface area contributed by atoms with E-state index in [1.807, 2.05) is 6.92 Å². The van der Waals surface area contributed by atoms with E-state index in [9.17, 15) is 9.59 Å². The zero-order valence-corrected chi connectivity index (χ0v) is 12.3. The van der Waals surface area contributed by atoms with E-state index in [-0.39, 0.29) is 37.0 Å². The van der Waals surface area contributed by atoms with Crippen molar-refractivity contribution in [2.75, 3.05) is 19.8 Å². The lowest BCUT2D eigenvalue weighted by molar-refractivity contribution is -0.0628. The van der Waals surface area contributed by atoms with Crippen molar-refractivity contribution in [3.8, 4) is 0 Å². The van der Waals surface area contributed by atoms with Crippen LogP contribution >= 0.6 is 11.3 Å². The van der Waals surface area contributed by atoms with Crippen molar-refractivity contribution >= 4 is 23.3 Å². The Bertz CT molecular complexity index is 521. The number of aliphatic hydroxyl groups is 1. The number of nitrogens with one attached hydrogen (secondary N) is 1. The molecule has 2 rings (SSSR count). The van der Waals surface area contributed by atoms with Gasteiger partial charge in [-0.3, -0.25) is 0 Å². The highest BCUT2D eigenvalue weighted by atomic mass is 32.1. The van der Waals surface area contributed by atoms with Crippen LogP contribution in [0, 0.1) is 0 Å². The Hall–Kier alpha value is -1.71. The predicted octanol–water partition coefficient (Wildman–Crippen LogP) is 0.132. The van der Waals surface area contributed by atoms with Gasteiger partial charge in [0, 0.05) is 5.38 Å². The monoisotopic (exact) mass is 315 g/mol. The fraction of sp³-hybridized carbons (Fsp3) is 0.583. The van der Waals surface area contributed by atoms with Crippen LogP contribution < -0.4 is 5.32 Å². The summed E-state index contributed by atoms with van der Waals surface area (Å²) in [6, 6.07) is -0.366. The first-order valence-corrected chi connectivity index (χ1v) is 7.34. The molecule has 2 atom stereocenters. The fourth-order valence-electron chi connectivity index (χ4n) is 1.95. The molecule has 2 heterocycles. The molecular formula is C12H17N3O5S. The fourth-order valence-corrected chi connectivity index (χ4v) is 2.66. The van der Waals surface area contributed by atoms with Crippen LogP contribution in [0.1, 0.15) is 22.4 Å². The van der Waals surface area contributed by atoms with E-state index in [2.05, 4.69) is 10.3 Å². The van der Waals surface area contributed by atoms with Gasteiger partial charge in [-0.2, -0.15) is 0 Å². The van der Waals surface area contributed by atoms with Gasteiger partial charge in [0.1, 0.15) is 5.01 Å². The molecule has 21 heavy (non-hydrogen) atoms. The standard InChI is InChI=1S/C12H17N3O5S/c1-7-5-20-8(4-16)3-15(7)12(19)13-2-10-14-9(6-21-10)11(17)18/h6-8,16H,2-5H2,1H3,(H,13,19)(H,17,18). The quantitative estimate of drug-likeness (QED) is 0.728. The lowest BCUT2D eigenvalue weighted by Gasteiger charge is -2.37. The summed E-state index contributed by atoms with van der Waals surface area (Å²) in [6.07, 6.45) is -0.370. The van der Waals surface area contributed by atoms with Crippen molar-refractivity contribution in [2.45, 2.75) is 25.6 Å². The average molecular weight is 315 g/mol. The molecule has 0 saturated carbocycles. The molecule has 0 bridgehead atoms. The minimum Gasteiger partial charge on any atom is -0.476 e. The first-order valence-electron chi connectivity index (χ1n) is 6.46. The van der Waals surface area contributed by atoms with Crippen LogP contribution in [0.2, 0.25) is 0 Å². The molecule has 0 aliphatic carbocycles. The van der Waals surface area contributed by atoms with Gasteiger partial charge in [0.2, 0.25) is 0 Å². The van der Waals surface area contributed by atoms with Gasteiger partial charge in [-0.25, -0.2) is 14.6 Å². The Kier molecular flexibility index (Phi) is 5.10. The molecular weight excluding hydrogens is 298 g/mol. The van der Waals surface area contributed by atoms with E-state index in [4.69, 9.17) is 14.9 Å². The molecule has 3 N–H and O–H groups in total. The predicted molar refractivity (Wildman–Crippen MR) is 74.3 cm³/mol. The zero-order chi connectivity index (χ0) is 15.4. The third-order valence-corrected chi connectivity index (χ3v) is 3.98. The number of carbonyl (C=O) groups excluding carboxylic acids is 1. The lowest BCUT2D eigenvalue weighted by Crippen LogP contribution is -2.54. The van der Waals surface area contributed by atoms with Crippen LogP contribution in [-0.2, 0) is 11.3 Å². The number of aromatic carboxylic acids is 1. The minimum absolute atomic E-state index is 0.0238. The maximum atomic E-state index is 12.1. The van der Waals surface area contributed by atoms with Crippen molar-refractivity contribution in [1.29, 1.82) is 0 Å². The van der Waals surface area contributed by atoms with Gasteiger partial charge in [-0.15, -0.1) is 11.3 Å². The molecule has 2 unspecified atom stereocenters. The summed E-state index contributed by atoms with van der Waals surface area (Å²) in [6.45, 7) is 2.59. The van der Waals surface area contributed by atoms with E-state index in [0.717, 1.165) is 0 Å². The minimum atomic E-state index is -1.09. The number of hydrogen-bond acceptors (Lipinski definition) is 6. The lowest BCUT2D eigenvalue weighted by atomic mass is 10.2. The number of ether oxygens (including phenoxy) is 1. The molecule has 8 nitrogen and oxygen atoms in total. The van der Waals surface area contributed by atoms with E-state index in [1.54, 1.807) is 4.90 Å². The molecule has 1 aliphatic heterocycles. The molecule has 1 aliphatic rings. The Labute approximate surface area is 125 Å². The van der Waals surface area contributed by atoms with Crippen LogP contribution in [0.3, 0.4) is 0 Å². The molecule has 1 saturated heterocycles. The summed E-state index contributed by atoms with van der Waals surface area (Å²) in [5.74, 6) is -1.09. The van der Waals surface area contributed by atoms with E-state index in [1.165, 1.54) is 16.7 Å².